The van der Waals surface area contributed by atoms with Crippen molar-refractivity contribution >= 4 is 56.2 Å². The number of benzene rings is 2. The first-order valence-corrected chi connectivity index (χ1v) is 12.1. The summed E-state index contributed by atoms with van der Waals surface area (Å²) in [6, 6.07) is 19.5. The molecule has 1 aliphatic heterocycles. The van der Waals surface area contributed by atoms with Gasteiger partial charge in [0.25, 0.3) is 5.91 Å². The normalized spacial score (nSPS) is 16.3. The number of carbonyl (C=O) groups excluding carboxylic acids is 1. The Hall–Kier alpha value is -2.77. The predicted octanol–water partition coefficient (Wildman–Crippen LogP) is 6.69. The van der Waals surface area contributed by atoms with Crippen LogP contribution < -0.4 is 4.90 Å². The number of para-hydroxylation sites is 1. The quantitative estimate of drug-likeness (QED) is 0.332. The Bertz CT molecular complexity index is 1140. The smallest absolute Gasteiger partial charge is 0.267 e. The molecule has 7 heteroatoms. The first kappa shape index (κ1) is 22.4. The molecule has 32 heavy (non-hydrogen) atoms. The number of furan rings is 1. The Morgan fingerprint density at radius 3 is 2.53 bits per heavy atom. The molecule has 0 N–H and O–H groups in total. The lowest BCUT2D eigenvalue weighted by Crippen LogP contribution is -2.28. The lowest BCUT2D eigenvalue weighted by Gasteiger charge is -2.22. The van der Waals surface area contributed by atoms with Gasteiger partial charge >= 0.3 is 0 Å². The van der Waals surface area contributed by atoms with E-state index in [9.17, 15) is 4.79 Å². The van der Waals surface area contributed by atoms with Crippen LogP contribution in [0.3, 0.4) is 0 Å². The maximum atomic E-state index is 13.3. The summed E-state index contributed by atoms with van der Waals surface area (Å²) >= 11 is 5.08. The number of amidine groups is 1. The Kier molecular flexibility index (Phi) is 7.17. The molecule has 1 saturated heterocycles. The summed E-state index contributed by atoms with van der Waals surface area (Å²) in [6.45, 7) is 6.49. The average molecular weight is 510 g/mol. The Balaban J connectivity index is 1.65. The monoisotopic (exact) mass is 509 g/mol. The van der Waals surface area contributed by atoms with E-state index >= 15 is 0 Å². The summed E-state index contributed by atoms with van der Waals surface area (Å²) in [7, 11) is 0. The Morgan fingerprint density at radius 1 is 1.09 bits per heavy atom. The van der Waals surface area contributed by atoms with E-state index in [4.69, 9.17) is 9.41 Å². The van der Waals surface area contributed by atoms with Gasteiger partial charge in [-0.05, 0) is 89.6 Å². The van der Waals surface area contributed by atoms with Crippen molar-refractivity contribution in [1.29, 1.82) is 0 Å². The van der Waals surface area contributed by atoms with Crippen molar-refractivity contribution in [2.24, 2.45) is 4.99 Å². The fourth-order valence-electron chi connectivity index (χ4n) is 3.49. The highest BCUT2D eigenvalue weighted by Crippen LogP contribution is 2.36. The van der Waals surface area contributed by atoms with Crippen LogP contribution in [0.15, 0.2) is 85.7 Å². The van der Waals surface area contributed by atoms with Gasteiger partial charge in [0.1, 0.15) is 5.76 Å². The molecule has 5 nitrogen and oxygen atoms in total. The summed E-state index contributed by atoms with van der Waals surface area (Å²) in [4.78, 5) is 22.6. The summed E-state index contributed by atoms with van der Waals surface area (Å²) in [5, 5.41) is 0.641. The highest BCUT2D eigenvalue weighted by Gasteiger charge is 2.34. The molecule has 0 saturated carbocycles. The second-order valence-corrected chi connectivity index (χ2v) is 9.06. The van der Waals surface area contributed by atoms with Crippen LogP contribution in [-0.4, -0.2) is 29.1 Å². The van der Waals surface area contributed by atoms with E-state index in [1.807, 2.05) is 54.6 Å². The van der Waals surface area contributed by atoms with Crippen LogP contribution in [0, 0.1) is 0 Å². The van der Waals surface area contributed by atoms with E-state index in [0.717, 1.165) is 34.5 Å². The van der Waals surface area contributed by atoms with Crippen molar-refractivity contribution < 1.29 is 9.21 Å². The molecule has 0 aliphatic carbocycles. The van der Waals surface area contributed by atoms with Crippen molar-refractivity contribution in [2.75, 3.05) is 18.0 Å². The first-order valence-electron chi connectivity index (χ1n) is 10.5. The maximum Gasteiger partial charge on any atom is 0.267 e. The number of rotatable bonds is 7. The van der Waals surface area contributed by atoms with E-state index in [2.05, 4.69) is 46.8 Å². The molecular formula is C25H24BrN3O2S. The predicted molar refractivity (Wildman–Crippen MR) is 136 cm³/mol. The lowest BCUT2D eigenvalue weighted by molar-refractivity contribution is -0.122. The van der Waals surface area contributed by atoms with Gasteiger partial charge < -0.3 is 9.32 Å². The SMILES string of the molecule is CCN(CC)c1ccc(/C=C2\SC(=Nc3ccccc3)N(Cc3ccco3)C2=O)cc1Br. The number of hydrogen-bond acceptors (Lipinski definition) is 5. The van der Waals surface area contributed by atoms with Crippen LogP contribution >= 0.6 is 27.7 Å². The summed E-state index contributed by atoms with van der Waals surface area (Å²) in [6.07, 6.45) is 3.54. The molecule has 2 heterocycles. The molecule has 3 aromatic rings. The number of anilines is 1. The van der Waals surface area contributed by atoms with Gasteiger partial charge in [-0.15, -0.1) is 0 Å². The molecule has 0 bridgehead atoms. The van der Waals surface area contributed by atoms with E-state index < -0.39 is 0 Å². The van der Waals surface area contributed by atoms with Crippen LogP contribution in [-0.2, 0) is 11.3 Å². The minimum absolute atomic E-state index is 0.0787. The van der Waals surface area contributed by atoms with Crippen molar-refractivity contribution in [3.8, 4) is 0 Å². The van der Waals surface area contributed by atoms with E-state index in [1.165, 1.54) is 11.8 Å². The van der Waals surface area contributed by atoms with Gasteiger partial charge in [-0.3, -0.25) is 9.69 Å². The van der Waals surface area contributed by atoms with Crippen molar-refractivity contribution in [3.05, 3.63) is 87.6 Å². The van der Waals surface area contributed by atoms with Gasteiger partial charge in [0.05, 0.1) is 29.1 Å². The fraction of sp³-hybridized carbons (Fsp3) is 0.200. The average Bonchev–Trinajstić information content (AvgIpc) is 3.41. The van der Waals surface area contributed by atoms with Crippen LogP contribution in [0.2, 0.25) is 0 Å². The Labute approximate surface area is 200 Å². The number of nitrogens with zero attached hydrogens (tertiary/aromatic N) is 3. The van der Waals surface area contributed by atoms with Crippen LogP contribution in [0.5, 0.6) is 0 Å². The fourth-order valence-corrected chi connectivity index (χ4v) is 5.13. The van der Waals surface area contributed by atoms with E-state index in [0.29, 0.717) is 22.4 Å². The molecule has 0 spiro atoms. The number of hydrogen-bond donors (Lipinski definition) is 0. The molecule has 1 aliphatic rings. The third-order valence-electron chi connectivity index (χ3n) is 5.14. The minimum atomic E-state index is -0.0787. The molecule has 0 unspecified atom stereocenters. The number of thioether (sulfide) groups is 1. The van der Waals surface area contributed by atoms with Gasteiger partial charge in [-0.25, -0.2) is 4.99 Å². The van der Waals surface area contributed by atoms with E-state index in [-0.39, 0.29) is 5.91 Å². The molecule has 164 valence electrons. The molecular weight excluding hydrogens is 486 g/mol. The van der Waals surface area contributed by atoms with Crippen LogP contribution in [0.1, 0.15) is 25.2 Å². The number of halogens is 1. The van der Waals surface area contributed by atoms with Crippen LogP contribution in [0.4, 0.5) is 11.4 Å². The minimum Gasteiger partial charge on any atom is -0.467 e. The zero-order valence-electron chi connectivity index (χ0n) is 18.0. The second-order valence-electron chi connectivity index (χ2n) is 7.19. The maximum absolute atomic E-state index is 13.3. The molecule has 1 amide bonds. The summed E-state index contributed by atoms with van der Waals surface area (Å²) in [5.41, 5.74) is 2.91. The highest BCUT2D eigenvalue weighted by atomic mass is 79.9. The number of carbonyl (C=O) groups is 1. The van der Waals surface area contributed by atoms with Gasteiger partial charge in [-0.2, -0.15) is 0 Å². The molecule has 2 aromatic carbocycles. The summed E-state index contributed by atoms with van der Waals surface area (Å²) < 4.78 is 6.49. The molecule has 1 aromatic heterocycles. The zero-order chi connectivity index (χ0) is 22.5. The van der Waals surface area contributed by atoms with Gasteiger partial charge in [0.15, 0.2) is 5.17 Å². The van der Waals surface area contributed by atoms with Crippen molar-refractivity contribution in [2.45, 2.75) is 20.4 Å². The van der Waals surface area contributed by atoms with Crippen LogP contribution in [0.25, 0.3) is 6.08 Å². The molecule has 4 rings (SSSR count). The first-order chi connectivity index (χ1) is 15.6. The third-order valence-corrected chi connectivity index (χ3v) is 6.78. The highest BCUT2D eigenvalue weighted by molar-refractivity contribution is 9.10. The topological polar surface area (TPSA) is 49.0 Å². The van der Waals surface area contributed by atoms with E-state index in [1.54, 1.807) is 11.2 Å². The second kappa shape index (κ2) is 10.2. The Morgan fingerprint density at radius 2 is 1.88 bits per heavy atom. The van der Waals surface area contributed by atoms with Crippen molar-refractivity contribution in [3.63, 3.8) is 0 Å². The largest absolute Gasteiger partial charge is 0.467 e. The van der Waals surface area contributed by atoms with Crippen molar-refractivity contribution in [1.82, 2.24) is 4.90 Å². The molecule has 1 fully saturated rings. The lowest BCUT2D eigenvalue weighted by atomic mass is 10.1. The van der Waals surface area contributed by atoms with Gasteiger partial charge in [0.2, 0.25) is 0 Å². The zero-order valence-corrected chi connectivity index (χ0v) is 20.4. The van der Waals surface area contributed by atoms with Gasteiger partial charge in [-0.1, -0.05) is 24.3 Å². The molecule has 0 radical (unpaired) electrons. The summed E-state index contributed by atoms with van der Waals surface area (Å²) in [5.74, 6) is 0.636. The third kappa shape index (κ3) is 5.00. The van der Waals surface area contributed by atoms with Gasteiger partial charge in [0, 0.05) is 17.6 Å². The number of amides is 1. The standard InChI is InChI=1S/C25H24BrN3O2S/c1-3-28(4-2)22-13-12-18(15-21(22)26)16-23-24(30)29(17-20-11-8-14-31-20)25(32-23)27-19-9-6-5-7-10-19/h5-16H,3-4,17H2,1-2H3/b23-16-,27-25?. The number of aliphatic imine (C=N–C) groups is 1. The molecule has 0 atom stereocenters.